The Labute approximate surface area is 103 Å². The zero-order valence-corrected chi connectivity index (χ0v) is 13.1. The van der Waals surface area contributed by atoms with Gasteiger partial charge in [0.25, 0.3) is 0 Å². The second-order valence-corrected chi connectivity index (χ2v) is 11.4. The van der Waals surface area contributed by atoms with E-state index in [0.29, 0.717) is 0 Å². The van der Waals surface area contributed by atoms with Crippen LogP contribution in [0, 0.1) is 0 Å². The van der Waals surface area contributed by atoms with E-state index in [-0.39, 0.29) is 0 Å². The number of rotatable bonds is 4. The third kappa shape index (κ3) is 2.36. The van der Waals surface area contributed by atoms with Crippen molar-refractivity contribution in [3.05, 3.63) is 0 Å². The van der Waals surface area contributed by atoms with Crippen LogP contribution in [0.2, 0.25) is 11.1 Å². The Morgan fingerprint density at radius 2 is 1.31 bits per heavy atom. The predicted octanol–water partition coefficient (Wildman–Crippen LogP) is 3.30. The highest BCUT2D eigenvalue weighted by Crippen LogP contribution is 2.44. The summed E-state index contributed by atoms with van der Waals surface area (Å²) in [4.78, 5) is 0. The Balaban J connectivity index is 2.99. The maximum atomic E-state index is 2.59. The maximum absolute atomic E-state index is 2.59. The standard InChI is InChI=1S/C13H30N2Si/c1-12(2)16(14(3)4,15(5)6)13-10-8-7-9-11-13/h12-13H,7-11H2,1-6H3. The van der Waals surface area contributed by atoms with Gasteiger partial charge in [0.1, 0.15) is 0 Å². The van der Waals surface area contributed by atoms with Crippen molar-refractivity contribution in [2.45, 2.75) is 57.0 Å². The van der Waals surface area contributed by atoms with Crippen molar-refractivity contribution in [2.24, 2.45) is 0 Å². The van der Waals surface area contributed by atoms with Crippen LogP contribution in [0.25, 0.3) is 0 Å². The van der Waals surface area contributed by atoms with Gasteiger partial charge in [-0.3, -0.25) is 0 Å². The van der Waals surface area contributed by atoms with Crippen LogP contribution in [0.15, 0.2) is 0 Å². The van der Waals surface area contributed by atoms with E-state index >= 15 is 0 Å². The van der Waals surface area contributed by atoms with E-state index in [1.165, 1.54) is 32.1 Å². The largest absolute Gasteiger partial charge is 0.317 e. The summed E-state index contributed by atoms with van der Waals surface area (Å²) in [6.07, 6.45) is 7.28. The lowest BCUT2D eigenvalue weighted by atomic mass is 10.0. The summed E-state index contributed by atoms with van der Waals surface area (Å²) in [5.41, 5.74) is 1.77. The summed E-state index contributed by atoms with van der Waals surface area (Å²) in [6.45, 7) is 4.86. The van der Waals surface area contributed by atoms with Crippen molar-refractivity contribution in [2.75, 3.05) is 28.2 Å². The molecule has 0 unspecified atom stereocenters. The molecular weight excluding hydrogens is 212 g/mol. The molecule has 0 N–H and O–H groups in total. The molecule has 0 radical (unpaired) electrons. The van der Waals surface area contributed by atoms with Crippen molar-refractivity contribution in [3.8, 4) is 0 Å². The molecule has 0 aliphatic heterocycles. The summed E-state index contributed by atoms with van der Waals surface area (Å²) < 4.78 is 5.18. The molecule has 0 aromatic rings. The molecule has 0 aromatic heterocycles. The second kappa shape index (κ2) is 5.65. The molecule has 1 saturated carbocycles. The van der Waals surface area contributed by atoms with E-state index in [1.807, 2.05) is 0 Å². The van der Waals surface area contributed by atoms with Gasteiger partial charge < -0.3 is 9.13 Å². The smallest absolute Gasteiger partial charge is 0.211 e. The minimum absolute atomic E-state index is 0.806. The van der Waals surface area contributed by atoms with Gasteiger partial charge in [0.05, 0.1) is 0 Å². The number of hydrogen-bond donors (Lipinski definition) is 0. The van der Waals surface area contributed by atoms with E-state index in [4.69, 9.17) is 0 Å². The summed E-state index contributed by atoms with van der Waals surface area (Å²) in [5.74, 6) is 0. The first kappa shape index (κ1) is 14.2. The van der Waals surface area contributed by atoms with Gasteiger partial charge >= 0.3 is 0 Å². The molecule has 2 nitrogen and oxygen atoms in total. The minimum Gasteiger partial charge on any atom is -0.317 e. The fourth-order valence-electron chi connectivity index (χ4n) is 4.16. The highest BCUT2D eigenvalue weighted by atomic mass is 28.4. The zero-order chi connectivity index (χ0) is 12.3. The van der Waals surface area contributed by atoms with E-state index in [9.17, 15) is 0 Å². The summed E-state index contributed by atoms with van der Waals surface area (Å²) >= 11 is 0. The number of hydrogen-bond acceptors (Lipinski definition) is 2. The first-order chi connectivity index (χ1) is 7.44. The van der Waals surface area contributed by atoms with Crippen molar-refractivity contribution in [3.63, 3.8) is 0 Å². The van der Waals surface area contributed by atoms with Crippen LogP contribution < -0.4 is 0 Å². The van der Waals surface area contributed by atoms with Crippen LogP contribution in [0.4, 0.5) is 0 Å². The van der Waals surface area contributed by atoms with Gasteiger partial charge in [-0.15, -0.1) is 0 Å². The van der Waals surface area contributed by atoms with Crippen molar-refractivity contribution in [1.82, 2.24) is 9.13 Å². The molecule has 0 heterocycles. The molecule has 96 valence electrons. The van der Waals surface area contributed by atoms with Gasteiger partial charge in [0.15, 0.2) is 0 Å². The van der Waals surface area contributed by atoms with Crippen molar-refractivity contribution >= 4 is 8.40 Å². The SMILES string of the molecule is CC(C)[Si](C1CCCCC1)(N(C)C)N(C)C. The average molecular weight is 242 g/mol. The van der Waals surface area contributed by atoms with Gasteiger partial charge in [-0.25, -0.2) is 0 Å². The molecule has 0 atom stereocenters. The van der Waals surface area contributed by atoms with Gasteiger partial charge in [-0.2, -0.15) is 0 Å². The zero-order valence-electron chi connectivity index (χ0n) is 12.1. The highest BCUT2D eigenvalue weighted by Gasteiger charge is 2.49. The molecule has 3 heteroatoms. The molecule has 0 amide bonds. The fraction of sp³-hybridized carbons (Fsp3) is 1.00. The average Bonchev–Trinajstić information content (AvgIpc) is 2.18. The van der Waals surface area contributed by atoms with E-state index in [2.05, 4.69) is 51.2 Å². The van der Waals surface area contributed by atoms with Crippen LogP contribution in [0.5, 0.6) is 0 Å². The van der Waals surface area contributed by atoms with Gasteiger partial charge in [-0.05, 0) is 39.3 Å². The second-order valence-electron chi connectivity index (χ2n) is 6.06. The lowest BCUT2D eigenvalue weighted by molar-refractivity contribution is 0.385. The van der Waals surface area contributed by atoms with Gasteiger partial charge in [0.2, 0.25) is 8.40 Å². The number of nitrogens with zero attached hydrogens (tertiary/aromatic N) is 2. The molecule has 0 bridgehead atoms. The van der Waals surface area contributed by atoms with Crippen molar-refractivity contribution in [1.29, 1.82) is 0 Å². The molecule has 0 aromatic carbocycles. The van der Waals surface area contributed by atoms with E-state index < -0.39 is 8.40 Å². The summed E-state index contributed by atoms with van der Waals surface area (Å²) in [7, 11) is 7.77. The quantitative estimate of drug-likeness (QED) is 0.698. The van der Waals surface area contributed by atoms with Crippen LogP contribution in [-0.2, 0) is 0 Å². The summed E-state index contributed by atoms with van der Waals surface area (Å²) in [6, 6.07) is 0. The molecule has 1 aliphatic carbocycles. The van der Waals surface area contributed by atoms with Crippen LogP contribution in [0.1, 0.15) is 46.0 Å². The minimum atomic E-state index is -1.46. The topological polar surface area (TPSA) is 6.48 Å². The van der Waals surface area contributed by atoms with Crippen LogP contribution >= 0.6 is 0 Å². The Kier molecular flexibility index (Phi) is 5.01. The Hall–Kier alpha value is 0.137. The van der Waals surface area contributed by atoms with E-state index in [0.717, 1.165) is 11.1 Å². The maximum Gasteiger partial charge on any atom is 0.211 e. The molecule has 1 aliphatic rings. The molecule has 16 heavy (non-hydrogen) atoms. The summed E-state index contributed by atoms with van der Waals surface area (Å²) in [5, 5.41) is 0. The highest BCUT2D eigenvalue weighted by molar-refractivity contribution is 6.77. The molecule has 0 saturated heterocycles. The third-order valence-electron chi connectivity index (χ3n) is 4.49. The Morgan fingerprint density at radius 1 is 0.875 bits per heavy atom. The first-order valence-corrected chi connectivity index (χ1v) is 8.83. The third-order valence-corrected chi connectivity index (χ3v) is 10.8. The van der Waals surface area contributed by atoms with Crippen LogP contribution in [-0.4, -0.2) is 45.7 Å². The van der Waals surface area contributed by atoms with Crippen molar-refractivity contribution < 1.29 is 0 Å². The molecule has 1 fully saturated rings. The molecular formula is C13H30N2Si. The fourth-order valence-corrected chi connectivity index (χ4v) is 10.7. The van der Waals surface area contributed by atoms with Crippen LogP contribution in [0.3, 0.4) is 0 Å². The lowest BCUT2D eigenvalue weighted by Gasteiger charge is -2.52. The van der Waals surface area contributed by atoms with E-state index in [1.54, 1.807) is 0 Å². The van der Waals surface area contributed by atoms with Gasteiger partial charge in [0, 0.05) is 0 Å². The first-order valence-electron chi connectivity index (χ1n) is 6.78. The lowest BCUT2D eigenvalue weighted by Crippen LogP contribution is -2.65. The molecule has 0 spiro atoms. The van der Waals surface area contributed by atoms with Gasteiger partial charge in [-0.1, -0.05) is 46.0 Å². The monoisotopic (exact) mass is 242 g/mol. The molecule has 1 rings (SSSR count). The Bertz CT molecular complexity index is 186. The normalized spacial score (nSPS) is 20.1. The predicted molar refractivity (Wildman–Crippen MR) is 75.1 cm³/mol. The Morgan fingerprint density at radius 3 is 1.62 bits per heavy atom.